The second-order valence-electron chi connectivity index (χ2n) is 9.93. The van der Waals surface area contributed by atoms with Crippen LogP contribution in [0, 0.1) is 17.5 Å². The molecule has 1 N–H and O–H groups in total. The van der Waals surface area contributed by atoms with Crippen molar-refractivity contribution in [2.45, 2.75) is 32.4 Å². The Morgan fingerprint density at radius 1 is 1.05 bits per heavy atom. The molecule has 39 heavy (non-hydrogen) atoms. The van der Waals surface area contributed by atoms with Crippen LogP contribution in [0.4, 0.5) is 24.5 Å². The number of rotatable bonds is 9. The Hall–Kier alpha value is -3.56. The molecule has 10 heteroatoms. The Balaban J connectivity index is 1.56. The Labute approximate surface area is 230 Å². The predicted molar refractivity (Wildman–Crippen MR) is 145 cm³/mol. The van der Waals surface area contributed by atoms with Crippen molar-refractivity contribution >= 4 is 34.8 Å². The van der Waals surface area contributed by atoms with Gasteiger partial charge in [-0.15, -0.1) is 0 Å². The lowest BCUT2D eigenvalue weighted by molar-refractivity contribution is -0.122. The van der Waals surface area contributed by atoms with E-state index in [2.05, 4.69) is 5.32 Å². The van der Waals surface area contributed by atoms with Gasteiger partial charge in [-0.05, 0) is 55.8 Å². The summed E-state index contributed by atoms with van der Waals surface area (Å²) in [5, 5.41) is 2.73. The van der Waals surface area contributed by atoms with Gasteiger partial charge in [-0.2, -0.15) is 0 Å². The van der Waals surface area contributed by atoms with E-state index in [1.807, 2.05) is 0 Å². The van der Waals surface area contributed by atoms with Crippen LogP contribution < -0.4 is 15.1 Å². The molecule has 3 aromatic rings. The number of nitrogens with one attached hydrogen (secondary N) is 1. The first-order chi connectivity index (χ1) is 18.4. The monoisotopic (exact) mass is 559 g/mol. The summed E-state index contributed by atoms with van der Waals surface area (Å²) in [6.07, 6.45) is 0. The van der Waals surface area contributed by atoms with Crippen LogP contribution in [0.2, 0.25) is 5.02 Å². The fraction of sp³-hybridized carbons (Fsp3) is 0.310. The van der Waals surface area contributed by atoms with E-state index < -0.39 is 28.8 Å². The van der Waals surface area contributed by atoms with Crippen LogP contribution in [0.3, 0.4) is 0 Å². The van der Waals surface area contributed by atoms with Gasteiger partial charge in [-0.1, -0.05) is 23.7 Å². The van der Waals surface area contributed by atoms with Crippen molar-refractivity contribution in [2.24, 2.45) is 0 Å². The number of hydrogen-bond acceptors (Lipinski definition) is 4. The molecule has 2 amide bonds. The highest BCUT2D eigenvalue weighted by molar-refractivity contribution is 6.31. The lowest BCUT2D eigenvalue weighted by atomic mass is 9.86. The number of carbonyl (C=O) groups excluding carboxylic acids is 2. The molecular formula is C29H29ClF3N3O3. The summed E-state index contributed by atoms with van der Waals surface area (Å²) in [5.41, 5.74) is 0.610. The zero-order valence-corrected chi connectivity index (χ0v) is 22.8. The minimum absolute atomic E-state index is 0.118. The maximum absolute atomic E-state index is 14.7. The van der Waals surface area contributed by atoms with E-state index in [0.717, 1.165) is 0 Å². The number of amides is 2. The van der Waals surface area contributed by atoms with Crippen molar-refractivity contribution in [3.8, 4) is 0 Å². The third kappa shape index (κ3) is 5.60. The van der Waals surface area contributed by atoms with Gasteiger partial charge in [0.1, 0.15) is 17.5 Å². The van der Waals surface area contributed by atoms with Crippen LogP contribution in [0.5, 0.6) is 0 Å². The Morgan fingerprint density at radius 3 is 2.38 bits per heavy atom. The summed E-state index contributed by atoms with van der Waals surface area (Å²) < 4.78 is 49.0. The summed E-state index contributed by atoms with van der Waals surface area (Å²) in [6, 6.07) is 11.4. The average Bonchev–Trinajstić information content (AvgIpc) is 3.08. The average molecular weight is 560 g/mol. The number of benzene rings is 3. The number of hydrogen-bond donors (Lipinski definition) is 1. The van der Waals surface area contributed by atoms with Crippen molar-refractivity contribution in [3.63, 3.8) is 0 Å². The van der Waals surface area contributed by atoms with Gasteiger partial charge >= 0.3 is 0 Å². The van der Waals surface area contributed by atoms with E-state index in [1.54, 1.807) is 44.0 Å². The summed E-state index contributed by atoms with van der Waals surface area (Å²) in [5.74, 6) is -2.98. The van der Waals surface area contributed by atoms with E-state index in [1.165, 1.54) is 42.3 Å². The fourth-order valence-corrected chi connectivity index (χ4v) is 4.81. The second kappa shape index (κ2) is 11.3. The maximum Gasteiger partial charge on any atom is 0.251 e. The van der Waals surface area contributed by atoms with E-state index >= 15 is 0 Å². The molecule has 0 aromatic heterocycles. The van der Waals surface area contributed by atoms with Gasteiger partial charge in [0, 0.05) is 60.3 Å². The molecule has 1 aliphatic rings. The van der Waals surface area contributed by atoms with Gasteiger partial charge in [0.15, 0.2) is 0 Å². The Morgan fingerprint density at radius 2 is 1.74 bits per heavy atom. The highest BCUT2D eigenvalue weighted by Crippen LogP contribution is 2.43. The van der Waals surface area contributed by atoms with Crippen molar-refractivity contribution < 1.29 is 27.5 Å². The summed E-state index contributed by atoms with van der Waals surface area (Å²) in [7, 11) is 3.23. The van der Waals surface area contributed by atoms with Crippen molar-refractivity contribution in [2.75, 3.05) is 37.1 Å². The minimum atomic E-state index is -0.910. The van der Waals surface area contributed by atoms with Crippen LogP contribution in [0.15, 0.2) is 48.5 Å². The molecule has 0 saturated carbocycles. The van der Waals surface area contributed by atoms with Crippen molar-refractivity contribution in [3.05, 3.63) is 93.3 Å². The summed E-state index contributed by atoms with van der Waals surface area (Å²) in [4.78, 5) is 29.3. The number of fused-ring (bicyclic) bond motifs is 1. The molecule has 0 atom stereocenters. The minimum Gasteiger partial charge on any atom is -0.383 e. The third-order valence-electron chi connectivity index (χ3n) is 7.00. The first-order valence-corrected chi connectivity index (χ1v) is 12.7. The molecule has 0 spiro atoms. The molecule has 0 radical (unpaired) electrons. The van der Waals surface area contributed by atoms with Gasteiger partial charge in [-0.25, -0.2) is 13.2 Å². The fourth-order valence-electron chi connectivity index (χ4n) is 4.59. The van der Waals surface area contributed by atoms with Crippen molar-refractivity contribution in [1.82, 2.24) is 5.32 Å². The van der Waals surface area contributed by atoms with E-state index in [0.29, 0.717) is 30.1 Å². The lowest BCUT2D eigenvalue weighted by Gasteiger charge is -2.21. The number of ether oxygens (including phenoxy) is 1. The third-order valence-corrected chi connectivity index (χ3v) is 7.36. The Bertz CT molecular complexity index is 1390. The number of halogens is 4. The van der Waals surface area contributed by atoms with Gasteiger partial charge in [0.05, 0.1) is 18.6 Å². The zero-order chi connectivity index (χ0) is 28.5. The quantitative estimate of drug-likeness (QED) is 0.371. The molecule has 206 valence electrons. The molecule has 0 saturated heterocycles. The smallest absolute Gasteiger partial charge is 0.251 e. The number of carbonyl (C=O) groups is 2. The lowest BCUT2D eigenvalue weighted by Crippen LogP contribution is -2.36. The number of methoxy groups -OCH3 is 1. The Kier molecular flexibility index (Phi) is 8.23. The molecule has 0 aliphatic carbocycles. The van der Waals surface area contributed by atoms with Crippen molar-refractivity contribution in [1.29, 1.82) is 0 Å². The number of anilines is 2. The van der Waals surface area contributed by atoms with Crippen LogP contribution in [0.25, 0.3) is 0 Å². The SMILES string of the molecule is COCCN(C)c1cc(F)c(CNC(=O)c2ccc3c(c2)N(Cc2c(F)cccc2Cl)C(=O)C3(C)C)c(F)c1. The van der Waals surface area contributed by atoms with E-state index in [-0.39, 0.29) is 40.7 Å². The maximum atomic E-state index is 14.7. The summed E-state index contributed by atoms with van der Waals surface area (Å²) >= 11 is 6.20. The van der Waals surface area contributed by atoms with E-state index in [9.17, 15) is 22.8 Å². The molecular weight excluding hydrogens is 531 g/mol. The highest BCUT2D eigenvalue weighted by Gasteiger charge is 2.44. The van der Waals surface area contributed by atoms with Gasteiger partial charge in [0.25, 0.3) is 5.91 Å². The second-order valence-corrected chi connectivity index (χ2v) is 10.3. The molecule has 0 unspecified atom stereocenters. The molecule has 4 rings (SSSR count). The van der Waals surface area contributed by atoms with Crippen LogP contribution in [-0.4, -0.2) is 39.1 Å². The normalized spacial score (nSPS) is 13.9. The molecule has 0 bridgehead atoms. The summed E-state index contributed by atoms with van der Waals surface area (Å²) in [6.45, 7) is 3.84. The van der Waals surface area contributed by atoms with E-state index in [4.69, 9.17) is 16.3 Å². The molecule has 0 fully saturated rings. The molecule has 3 aromatic carbocycles. The van der Waals surface area contributed by atoms with Crippen LogP contribution in [0.1, 0.15) is 40.9 Å². The topological polar surface area (TPSA) is 61.9 Å². The van der Waals surface area contributed by atoms with Gasteiger partial charge in [0.2, 0.25) is 5.91 Å². The predicted octanol–water partition coefficient (Wildman–Crippen LogP) is 5.59. The molecule has 6 nitrogen and oxygen atoms in total. The highest BCUT2D eigenvalue weighted by atomic mass is 35.5. The van der Waals surface area contributed by atoms with Gasteiger partial charge < -0.3 is 19.9 Å². The largest absolute Gasteiger partial charge is 0.383 e. The number of likely N-dealkylation sites (N-methyl/N-ethyl adjacent to an activating group) is 1. The number of nitrogens with zero attached hydrogens (tertiary/aromatic N) is 2. The van der Waals surface area contributed by atoms with Crippen LogP contribution in [-0.2, 0) is 28.0 Å². The molecule has 1 heterocycles. The standard InChI is InChI=1S/C29H29ClF3N3O3/c1-29(2)21-9-8-17(12-26(21)36(28(29)38)16-20-22(30)6-5-7-23(20)31)27(37)34-15-19-24(32)13-18(14-25(19)33)35(3)10-11-39-4/h5-9,12-14H,10-11,15-16H2,1-4H3,(H,34,37). The zero-order valence-electron chi connectivity index (χ0n) is 22.1. The first kappa shape index (κ1) is 28.4. The first-order valence-electron chi connectivity index (χ1n) is 12.3. The van der Waals surface area contributed by atoms with Crippen LogP contribution >= 0.6 is 11.6 Å². The van der Waals surface area contributed by atoms with Gasteiger partial charge in [-0.3, -0.25) is 9.59 Å². The molecule has 1 aliphatic heterocycles.